The minimum absolute atomic E-state index is 0.376. The van der Waals surface area contributed by atoms with Crippen molar-refractivity contribution >= 4 is 11.8 Å². The van der Waals surface area contributed by atoms with E-state index >= 15 is 0 Å². The van der Waals surface area contributed by atoms with Gasteiger partial charge in [-0.1, -0.05) is 12.8 Å². The summed E-state index contributed by atoms with van der Waals surface area (Å²) in [5.74, 6) is 0.799. The van der Waals surface area contributed by atoms with Gasteiger partial charge in [-0.25, -0.2) is 0 Å². The van der Waals surface area contributed by atoms with Gasteiger partial charge in [-0.2, -0.15) is 0 Å². The fourth-order valence-corrected chi connectivity index (χ4v) is 3.19. The Kier molecular flexibility index (Phi) is 8.24. The molecule has 0 aromatic carbocycles. The molecule has 19 heavy (non-hydrogen) atoms. The van der Waals surface area contributed by atoms with E-state index in [1.807, 2.05) is 0 Å². The largest absolute Gasteiger partial charge is 0.394 e. The second-order valence-electron chi connectivity index (χ2n) is 4.77. The van der Waals surface area contributed by atoms with E-state index in [0.29, 0.717) is 6.54 Å². The van der Waals surface area contributed by atoms with Gasteiger partial charge < -0.3 is 30.9 Å². The van der Waals surface area contributed by atoms with E-state index in [1.165, 1.54) is 11.8 Å². The molecule has 5 atom stereocenters. The number of ether oxygens (including phenoxy) is 1. The quantitative estimate of drug-likeness (QED) is 0.366. The summed E-state index contributed by atoms with van der Waals surface area (Å²) >= 11 is 1.40. The number of aliphatic hydroxyl groups is 4. The summed E-state index contributed by atoms with van der Waals surface area (Å²) in [5, 5.41) is 38.1. The zero-order valence-electron chi connectivity index (χ0n) is 11.0. The maximum Gasteiger partial charge on any atom is 0.132 e. The normalized spacial score (nSPS) is 35.5. The Morgan fingerprint density at radius 1 is 0.947 bits per heavy atom. The van der Waals surface area contributed by atoms with Crippen molar-refractivity contribution in [3.05, 3.63) is 0 Å². The van der Waals surface area contributed by atoms with Crippen LogP contribution in [0.15, 0.2) is 0 Å². The SMILES string of the molecule is NCCCCCCS[C@@H]1O[C@H](CO)[C@@H](O)[C@H](O)[C@@H]1O. The van der Waals surface area contributed by atoms with Crippen LogP contribution in [0.4, 0.5) is 0 Å². The van der Waals surface area contributed by atoms with Crippen molar-refractivity contribution in [2.24, 2.45) is 5.73 Å². The highest BCUT2D eigenvalue weighted by molar-refractivity contribution is 7.99. The molecule has 6 nitrogen and oxygen atoms in total. The van der Waals surface area contributed by atoms with Gasteiger partial charge in [0.15, 0.2) is 0 Å². The molecular formula is C12H25NO5S. The highest BCUT2D eigenvalue weighted by Crippen LogP contribution is 2.29. The number of hydrogen-bond donors (Lipinski definition) is 5. The second-order valence-corrected chi connectivity index (χ2v) is 5.98. The predicted molar refractivity (Wildman–Crippen MR) is 73.7 cm³/mol. The monoisotopic (exact) mass is 295 g/mol. The number of unbranched alkanes of at least 4 members (excludes halogenated alkanes) is 3. The minimum atomic E-state index is -1.28. The second kappa shape index (κ2) is 9.12. The lowest BCUT2D eigenvalue weighted by Crippen LogP contribution is -2.57. The zero-order chi connectivity index (χ0) is 14.3. The first-order valence-electron chi connectivity index (χ1n) is 6.74. The molecule has 0 aliphatic carbocycles. The molecule has 1 saturated heterocycles. The van der Waals surface area contributed by atoms with Gasteiger partial charge in [0.2, 0.25) is 0 Å². The lowest BCUT2D eigenvalue weighted by atomic mass is 10.0. The van der Waals surface area contributed by atoms with Crippen LogP contribution in [0.25, 0.3) is 0 Å². The van der Waals surface area contributed by atoms with Crippen molar-refractivity contribution in [2.45, 2.75) is 55.5 Å². The third kappa shape index (κ3) is 5.18. The van der Waals surface area contributed by atoms with Gasteiger partial charge >= 0.3 is 0 Å². The molecule has 0 unspecified atom stereocenters. The Balaban J connectivity index is 2.28. The molecule has 1 aliphatic rings. The Hall–Kier alpha value is 0.110. The molecule has 6 N–H and O–H groups in total. The predicted octanol–water partition coefficient (Wildman–Crippen LogP) is -0.961. The van der Waals surface area contributed by atoms with Crippen LogP contribution in [0.3, 0.4) is 0 Å². The maximum absolute atomic E-state index is 9.81. The van der Waals surface area contributed by atoms with Crippen LogP contribution in [0.5, 0.6) is 0 Å². The molecule has 0 saturated carbocycles. The highest BCUT2D eigenvalue weighted by atomic mass is 32.2. The van der Waals surface area contributed by atoms with E-state index in [-0.39, 0.29) is 6.61 Å². The average Bonchev–Trinajstić information content (AvgIpc) is 2.42. The van der Waals surface area contributed by atoms with Gasteiger partial charge in [-0.05, 0) is 25.1 Å². The molecule has 1 rings (SSSR count). The molecule has 0 spiro atoms. The zero-order valence-corrected chi connectivity index (χ0v) is 11.8. The van der Waals surface area contributed by atoms with E-state index in [9.17, 15) is 15.3 Å². The fourth-order valence-electron chi connectivity index (χ4n) is 2.00. The first-order valence-corrected chi connectivity index (χ1v) is 7.79. The van der Waals surface area contributed by atoms with Crippen molar-refractivity contribution in [1.82, 2.24) is 0 Å². The minimum Gasteiger partial charge on any atom is -0.394 e. The third-order valence-electron chi connectivity index (χ3n) is 3.23. The van der Waals surface area contributed by atoms with Crippen LogP contribution in [-0.4, -0.2) is 69.2 Å². The van der Waals surface area contributed by atoms with E-state index in [0.717, 1.165) is 31.4 Å². The molecule has 0 aromatic rings. The number of hydrogen-bond acceptors (Lipinski definition) is 7. The first kappa shape index (κ1) is 17.2. The summed E-state index contributed by atoms with van der Waals surface area (Å²) in [6.07, 6.45) is -0.334. The lowest BCUT2D eigenvalue weighted by Gasteiger charge is -2.39. The van der Waals surface area contributed by atoms with Crippen LogP contribution < -0.4 is 5.73 Å². The van der Waals surface area contributed by atoms with Gasteiger partial charge in [0.1, 0.15) is 29.9 Å². The summed E-state index contributed by atoms with van der Waals surface area (Å²) in [6.45, 7) is 0.332. The first-order chi connectivity index (χ1) is 9.11. The van der Waals surface area contributed by atoms with Crippen LogP contribution in [-0.2, 0) is 4.74 Å². The van der Waals surface area contributed by atoms with Crippen molar-refractivity contribution in [3.8, 4) is 0 Å². The molecule has 1 fully saturated rings. The van der Waals surface area contributed by atoms with Crippen molar-refractivity contribution in [2.75, 3.05) is 18.9 Å². The molecule has 0 amide bonds. The summed E-state index contributed by atoms with van der Waals surface area (Å²) in [4.78, 5) is 0. The van der Waals surface area contributed by atoms with Crippen LogP contribution >= 0.6 is 11.8 Å². The Morgan fingerprint density at radius 3 is 2.26 bits per heavy atom. The molecular weight excluding hydrogens is 270 g/mol. The highest BCUT2D eigenvalue weighted by Gasteiger charge is 2.43. The molecule has 1 heterocycles. The molecule has 114 valence electrons. The standard InChI is InChI=1S/C12H25NO5S/c13-5-3-1-2-4-6-19-12-11(17)10(16)9(15)8(7-14)18-12/h8-12,14-17H,1-7,13H2/t8-,9-,10+,11+,12+/m1/s1. The molecule has 0 bridgehead atoms. The number of thioether (sulfide) groups is 1. The fraction of sp³-hybridized carbons (Fsp3) is 1.00. The average molecular weight is 295 g/mol. The van der Waals surface area contributed by atoms with Crippen LogP contribution in [0.1, 0.15) is 25.7 Å². The van der Waals surface area contributed by atoms with Crippen LogP contribution in [0.2, 0.25) is 0 Å². The third-order valence-corrected chi connectivity index (χ3v) is 4.47. The Labute approximate surface area is 118 Å². The van der Waals surface area contributed by atoms with Gasteiger partial charge in [0.05, 0.1) is 6.61 Å². The summed E-state index contributed by atoms with van der Waals surface area (Å²) in [5.41, 5.74) is 4.80. The van der Waals surface area contributed by atoms with E-state index < -0.39 is 29.9 Å². The molecule has 0 radical (unpaired) electrons. The Bertz CT molecular complexity index is 244. The van der Waals surface area contributed by atoms with Gasteiger partial charge in [-0.3, -0.25) is 0 Å². The number of rotatable bonds is 8. The van der Waals surface area contributed by atoms with Gasteiger partial charge in [0, 0.05) is 0 Å². The number of nitrogens with two attached hydrogens (primary N) is 1. The van der Waals surface area contributed by atoms with Gasteiger partial charge in [0.25, 0.3) is 0 Å². The molecule has 1 aliphatic heterocycles. The summed E-state index contributed by atoms with van der Waals surface area (Å²) in [6, 6.07) is 0. The topological polar surface area (TPSA) is 116 Å². The molecule has 7 heteroatoms. The summed E-state index contributed by atoms with van der Waals surface area (Å²) in [7, 11) is 0. The van der Waals surface area contributed by atoms with Gasteiger partial charge in [-0.15, -0.1) is 11.8 Å². The summed E-state index contributed by atoms with van der Waals surface area (Å²) < 4.78 is 5.39. The van der Waals surface area contributed by atoms with Crippen LogP contribution in [0, 0.1) is 0 Å². The van der Waals surface area contributed by atoms with Crippen molar-refractivity contribution < 1.29 is 25.2 Å². The maximum atomic E-state index is 9.81. The van der Waals surface area contributed by atoms with E-state index in [2.05, 4.69) is 0 Å². The van der Waals surface area contributed by atoms with Crippen molar-refractivity contribution in [3.63, 3.8) is 0 Å². The Morgan fingerprint density at radius 2 is 1.63 bits per heavy atom. The van der Waals surface area contributed by atoms with Crippen molar-refractivity contribution in [1.29, 1.82) is 0 Å². The van der Waals surface area contributed by atoms with E-state index in [4.69, 9.17) is 15.6 Å². The smallest absolute Gasteiger partial charge is 0.132 e. The molecule has 0 aromatic heterocycles. The number of aliphatic hydroxyl groups excluding tert-OH is 4. The lowest BCUT2D eigenvalue weighted by molar-refractivity contribution is -0.205. The van der Waals surface area contributed by atoms with E-state index in [1.54, 1.807) is 0 Å².